The minimum Gasteiger partial charge on any atom is -0.394 e. The summed E-state index contributed by atoms with van der Waals surface area (Å²) in [7, 11) is 0. The minimum atomic E-state index is -1.46. The molecule has 3 heterocycles. The van der Waals surface area contributed by atoms with Crippen LogP contribution in [0.15, 0.2) is 22.8 Å². The van der Waals surface area contributed by atoms with E-state index in [4.69, 9.17) is 10.5 Å². The number of nitrogens with two attached hydrogens (primary N) is 1. The predicted molar refractivity (Wildman–Crippen MR) is 98.2 cm³/mol. The van der Waals surface area contributed by atoms with Gasteiger partial charge >= 0.3 is 0 Å². The Bertz CT molecular complexity index is 1100. The van der Waals surface area contributed by atoms with Crippen LogP contribution >= 0.6 is 15.9 Å². The van der Waals surface area contributed by atoms with Gasteiger partial charge in [0.1, 0.15) is 17.2 Å². The normalized spacial score (nSPS) is 17.2. The molecule has 1 aliphatic heterocycles. The Balaban J connectivity index is 1.90. The van der Waals surface area contributed by atoms with Gasteiger partial charge in [0.2, 0.25) is 5.78 Å². The van der Waals surface area contributed by atoms with E-state index >= 15 is 0 Å². The van der Waals surface area contributed by atoms with E-state index in [9.17, 15) is 18.0 Å². The summed E-state index contributed by atoms with van der Waals surface area (Å²) < 4.78 is 49.8. The third kappa shape index (κ3) is 3.06. The fourth-order valence-corrected chi connectivity index (χ4v) is 3.55. The lowest BCUT2D eigenvalue weighted by molar-refractivity contribution is -0.0371. The average Bonchev–Trinajstić information content (AvgIpc) is 3.05. The van der Waals surface area contributed by atoms with Gasteiger partial charge in [0.15, 0.2) is 23.5 Å². The molecule has 6 nitrogen and oxygen atoms in total. The van der Waals surface area contributed by atoms with E-state index in [1.165, 1.54) is 10.9 Å². The van der Waals surface area contributed by atoms with Crippen LogP contribution in [-0.4, -0.2) is 27.2 Å². The smallest absolute Gasteiger partial charge is 0.219 e. The van der Waals surface area contributed by atoms with Crippen LogP contribution in [0, 0.1) is 17.5 Å². The molecular formula is C18H14BrF3N4O2. The molecule has 0 spiro atoms. The summed E-state index contributed by atoms with van der Waals surface area (Å²) in [6.07, 6.45) is 3.55. The molecule has 1 saturated heterocycles. The number of halogens is 4. The third-order valence-electron chi connectivity index (χ3n) is 4.59. The number of nitrogen functional groups attached to an aromatic ring is 1. The summed E-state index contributed by atoms with van der Waals surface area (Å²) in [5.41, 5.74) is 3.52. The molecule has 0 bridgehead atoms. The van der Waals surface area contributed by atoms with Gasteiger partial charge in [-0.25, -0.2) is 22.8 Å². The zero-order valence-corrected chi connectivity index (χ0v) is 16.0. The summed E-state index contributed by atoms with van der Waals surface area (Å²) in [4.78, 5) is 17.2. The Morgan fingerprint density at radius 3 is 2.75 bits per heavy atom. The van der Waals surface area contributed by atoms with Crippen LogP contribution in [0.25, 0.3) is 11.0 Å². The molecule has 0 aliphatic carbocycles. The van der Waals surface area contributed by atoms with Gasteiger partial charge in [-0.05, 0) is 41.3 Å². The second-order valence-corrected chi connectivity index (χ2v) is 7.33. The van der Waals surface area contributed by atoms with Gasteiger partial charge in [0, 0.05) is 23.3 Å². The summed E-state index contributed by atoms with van der Waals surface area (Å²) >= 11 is 3.27. The lowest BCUT2D eigenvalue weighted by atomic mass is 10.0. The fourth-order valence-electron chi connectivity index (χ4n) is 3.22. The monoisotopic (exact) mass is 454 g/mol. The number of pyridine rings is 1. The number of carbonyl (C=O) groups is 1. The van der Waals surface area contributed by atoms with Gasteiger partial charge in [0.25, 0.3) is 0 Å². The molecule has 0 amide bonds. The summed E-state index contributed by atoms with van der Waals surface area (Å²) in [6.45, 7) is 0.531. The highest BCUT2D eigenvalue weighted by Crippen LogP contribution is 2.31. The number of ketones is 1. The Morgan fingerprint density at radius 2 is 2.04 bits per heavy atom. The molecule has 1 unspecified atom stereocenters. The minimum absolute atomic E-state index is 0.221. The maximum Gasteiger partial charge on any atom is 0.219 e. The van der Waals surface area contributed by atoms with Gasteiger partial charge < -0.3 is 10.5 Å². The Morgan fingerprint density at radius 1 is 1.25 bits per heavy atom. The second kappa shape index (κ2) is 7.17. The average molecular weight is 455 g/mol. The van der Waals surface area contributed by atoms with Crippen LogP contribution in [0.1, 0.15) is 41.5 Å². The molecule has 0 saturated carbocycles. The topological polar surface area (TPSA) is 83.0 Å². The third-order valence-corrected chi connectivity index (χ3v) is 5.02. The van der Waals surface area contributed by atoms with Crippen molar-refractivity contribution in [1.29, 1.82) is 0 Å². The molecule has 146 valence electrons. The maximum absolute atomic E-state index is 14.4. The first-order valence-corrected chi connectivity index (χ1v) is 9.30. The molecule has 1 aromatic carbocycles. The molecule has 0 radical (unpaired) electrons. The first kappa shape index (κ1) is 18.9. The van der Waals surface area contributed by atoms with E-state index in [0.717, 1.165) is 12.8 Å². The standard InChI is InChI=1S/C18H14BrF3N4O2/c19-8-5-9-16(17(27)13-10(20)6-11(21)15(23)14(13)22)25-26(18(9)24-7-8)12-3-1-2-4-28-12/h5-7,12H,1-4,23H2. The molecule has 1 aliphatic rings. The van der Waals surface area contributed by atoms with E-state index < -0.39 is 40.7 Å². The van der Waals surface area contributed by atoms with E-state index in [1.54, 1.807) is 6.07 Å². The Labute approximate surface area is 165 Å². The van der Waals surface area contributed by atoms with Gasteiger partial charge in [-0.1, -0.05) is 0 Å². The fraction of sp³-hybridized carbons (Fsp3) is 0.278. The van der Waals surface area contributed by atoms with Crippen molar-refractivity contribution in [3.8, 4) is 0 Å². The maximum atomic E-state index is 14.4. The largest absolute Gasteiger partial charge is 0.394 e. The van der Waals surface area contributed by atoms with Crippen molar-refractivity contribution in [3.63, 3.8) is 0 Å². The van der Waals surface area contributed by atoms with E-state index in [0.29, 0.717) is 29.2 Å². The number of fused-ring (bicyclic) bond motifs is 1. The van der Waals surface area contributed by atoms with Crippen LogP contribution in [0.5, 0.6) is 0 Å². The molecule has 1 fully saturated rings. The number of ether oxygens (including phenoxy) is 1. The number of aromatic nitrogens is 3. The van der Waals surface area contributed by atoms with Gasteiger partial charge in [-0.2, -0.15) is 5.10 Å². The lowest BCUT2D eigenvalue weighted by Crippen LogP contribution is -2.20. The molecule has 1 atom stereocenters. The molecule has 10 heteroatoms. The zero-order valence-electron chi connectivity index (χ0n) is 14.4. The van der Waals surface area contributed by atoms with Crippen LogP contribution in [0.2, 0.25) is 0 Å². The van der Waals surface area contributed by atoms with Crippen molar-refractivity contribution in [2.75, 3.05) is 12.3 Å². The van der Waals surface area contributed by atoms with Crippen molar-refractivity contribution in [2.24, 2.45) is 0 Å². The highest BCUT2D eigenvalue weighted by molar-refractivity contribution is 9.10. The number of carbonyl (C=O) groups excluding carboxylic acids is 1. The Hall–Kier alpha value is -2.46. The molecular weight excluding hydrogens is 441 g/mol. The van der Waals surface area contributed by atoms with E-state index in [1.807, 2.05) is 0 Å². The van der Waals surface area contributed by atoms with E-state index in [2.05, 4.69) is 26.0 Å². The molecule has 2 aromatic heterocycles. The lowest BCUT2D eigenvalue weighted by Gasteiger charge is -2.22. The molecule has 28 heavy (non-hydrogen) atoms. The number of benzene rings is 1. The number of hydrogen-bond acceptors (Lipinski definition) is 5. The van der Waals surface area contributed by atoms with Crippen LogP contribution in [0.3, 0.4) is 0 Å². The highest BCUT2D eigenvalue weighted by atomic mass is 79.9. The zero-order chi connectivity index (χ0) is 20.0. The highest BCUT2D eigenvalue weighted by Gasteiger charge is 2.30. The van der Waals surface area contributed by atoms with Gasteiger partial charge in [-0.3, -0.25) is 4.79 Å². The van der Waals surface area contributed by atoms with E-state index in [-0.39, 0.29) is 11.1 Å². The van der Waals surface area contributed by atoms with Crippen molar-refractivity contribution in [1.82, 2.24) is 14.8 Å². The van der Waals surface area contributed by atoms with Gasteiger partial charge in [-0.15, -0.1) is 0 Å². The van der Waals surface area contributed by atoms with Crippen molar-refractivity contribution in [3.05, 3.63) is 51.5 Å². The first-order valence-electron chi connectivity index (χ1n) is 8.51. The van der Waals surface area contributed by atoms with Crippen LogP contribution in [0.4, 0.5) is 18.9 Å². The van der Waals surface area contributed by atoms with Crippen molar-refractivity contribution >= 4 is 38.4 Å². The quantitative estimate of drug-likeness (QED) is 0.475. The molecule has 3 aromatic rings. The Kier molecular flexibility index (Phi) is 4.84. The van der Waals surface area contributed by atoms with Crippen molar-refractivity contribution < 1.29 is 22.7 Å². The summed E-state index contributed by atoms with van der Waals surface area (Å²) in [5.74, 6) is -5.14. The summed E-state index contributed by atoms with van der Waals surface area (Å²) in [5, 5.41) is 4.54. The number of anilines is 1. The predicted octanol–water partition coefficient (Wildman–Crippen LogP) is 4.12. The van der Waals surface area contributed by atoms with Crippen molar-refractivity contribution in [2.45, 2.75) is 25.5 Å². The number of hydrogen-bond donors (Lipinski definition) is 1. The molecule has 4 rings (SSSR count). The second-order valence-electron chi connectivity index (χ2n) is 6.41. The first-order chi connectivity index (χ1) is 13.4. The van der Waals surface area contributed by atoms with Crippen LogP contribution in [-0.2, 0) is 4.74 Å². The number of rotatable bonds is 3. The number of nitrogens with zero attached hydrogens (tertiary/aromatic N) is 3. The summed E-state index contributed by atoms with van der Waals surface area (Å²) in [6, 6.07) is 1.95. The SMILES string of the molecule is Nc1c(F)cc(F)c(C(=O)c2nn(C3CCCCO3)c3ncc(Br)cc23)c1F. The van der Waals surface area contributed by atoms with Gasteiger partial charge in [0.05, 0.1) is 10.9 Å². The molecule has 2 N–H and O–H groups in total. The van der Waals surface area contributed by atoms with Crippen LogP contribution < -0.4 is 5.73 Å².